The standard InChI is InChI=1S/C23H26Cl4N2O2S/c1-14(2)10-28-23(31)15(3)29(11-16-7-8-20(26)21(27)9-16)22(30)13-32-12-17-18(24)5-4-6-19(17)25/h4-9,14-15H,10-13H2,1-3H3,(H,28,31). The van der Waals surface area contributed by atoms with E-state index in [1.165, 1.54) is 11.8 Å². The van der Waals surface area contributed by atoms with Gasteiger partial charge in [-0.3, -0.25) is 9.59 Å². The lowest BCUT2D eigenvalue weighted by atomic mass is 10.1. The molecule has 2 rings (SSSR count). The molecular formula is C23H26Cl4N2O2S. The van der Waals surface area contributed by atoms with Crippen LogP contribution in [0.4, 0.5) is 0 Å². The van der Waals surface area contributed by atoms with Gasteiger partial charge in [0.15, 0.2) is 0 Å². The lowest BCUT2D eigenvalue weighted by Crippen LogP contribution is -2.48. The Hall–Kier alpha value is -1.11. The van der Waals surface area contributed by atoms with Crippen LogP contribution in [0.15, 0.2) is 36.4 Å². The van der Waals surface area contributed by atoms with Crippen LogP contribution in [0.5, 0.6) is 0 Å². The molecule has 0 aliphatic rings. The van der Waals surface area contributed by atoms with Crippen LogP contribution in [0.3, 0.4) is 0 Å². The third kappa shape index (κ3) is 8.03. The maximum atomic E-state index is 13.1. The monoisotopic (exact) mass is 534 g/mol. The van der Waals surface area contributed by atoms with E-state index in [4.69, 9.17) is 46.4 Å². The van der Waals surface area contributed by atoms with E-state index in [9.17, 15) is 9.59 Å². The summed E-state index contributed by atoms with van der Waals surface area (Å²) in [5.41, 5.74) is 1.57. The summed E-state index contributed by atoms with van der Waals surface area (Å²) in [6.07, 6.45) is 0. The first-order valence-corrected chi connectivity index (χ1v) is 12.8. The zero-order valence-electron chi connectivity index (χ0n) is 18.1. The third-order valence-electron chi connectivity index (χ3n) is 4.72. The Labute approximate surface area is 213 Å². The molecule has 0 aromatic heterocycles. The molecule has 174 valence electrons. The summed E-state index contributed by atoms with van der Waals surface area (Å²) in [6, 6.07) is 9.84. The predicted molar refractivity (Wildman–Crippen MR) is 137 cm³/mol. The Kier molecular flexibility index (Phi) is 11.0. The van der Waals surface area contributed by atoms with Crippen LogP contribution in [0.25, 0.3) is 0 Å². The van der Waals surface area contributed by atoms with Gasteiger partial charge in [-0.05, 0) is 48.2 Å². The molecule has 0 radical (unpaired) electrons. The van der Waals surface area contributed by atoms with Gasteiger partial charge in [-0.1, -0.05) is 72.4 Å². The van der Waals surface area contributed by atoms with Crippen LogP contribution >= 0.6 is 58.2 Å². The Morgan fingerprint density at radius 3 is 2.22 bits per heavy atom. The maximum absolute atomic E-state index is 13.1. The average molecular weight is 536 g/mol. The van der Waals surface area contributed by atoms with Crippen LogP contribution in [-0.2, 0) is 21.9 Å². The van der Waals surface area contributed by atoms with E-state index < -0.39 is 6.04 Å². The predicted octanol–water partition coefficient (Wildman–Crippen LogP) is 6.72. The topological polar surface area (TPSA) is 49.4 Å². The molecule has 1 N–H and O–H groups in total. The number of rotatable bonds is 10. The number of hydrogen-bond donors (Lipinski definition) is 1. The van der Waals surface area contributed by atoms with E-state index in [0.29, 0.717) is 38.3 Å². The van der Waals surface area contributed by atoms with Crippen molar-refractivity contribution in [2.24, 2.45) is 5.92 Å². The van der Waals surface area contributed by atoms with E-state index in [1.807, 2.05) is 13.8 Å². The van der Waals surface area contributed by atoms with Gasteiger partial charge in [0, 0.05) is 28.9 Å². The quantitative estimate of drug-likeness (QED) is 0.367. The Bertz CT molecular complexity index is 935. The molecule has 9 heteroatoms. The van der Waals surface area contributed by atoms with Gasteiger partial charge in [-0.25, -0.2) is 0 Å². The second-order valence-corrected chi connectivity index (χ2v) is 10.4. The first-order valence-electron chi connectivity index (χ1n) is 10.1. The highest BCUT2D eigenvalue weighted by Gasteiger charge is 2.26. The molecule has 1 atom stereocenters. The highest BCUT2D eigenvalue weighted by Crippen LogP contribution is 2.29. The second-order valence-electron chi connectivity index (χ2n) is 7.78. The summed E-state index contributed by atoms with van der Waals surface area (Å²) >= 11 is 26.0. The Morgan fingerprint density at radius 2 is 1.62 bits per heavy atom. The highest BCUT2D eigenvalue weighted by atomic mass is 35.5. The summed E-state index contributed by atoms with van der Waals surface area (Å²) in [4.78, 5) is 27.4. The van der Waals surface area contributed by atoms with E-state index >= 15 is 0 Å². The van der Waals surface area contributed by atoms with Gasteiger partial charge in [0.25, 0.3) is 0 Å². The van der Waals surface area contributed by atoms with Gasteiger partial charge < -0.3 is 10.2 Å². The van der Waals surface area contributed by atoms with Gasteiger partial charge in [0.1, 0.15) is 6.04 Å². The minimum Gasteiger partial charge on any atom is -0.354 e. The van der Waals surface area contributed by atoms with Gasteiger partial charge >= 0.3 is 0 Å². The number of nitrogens with one attached hydrogen (secondary N) is 1. The Balaban J connectivity index is 2.13. The van der Waals surface area contributed by atoms with Crippen LogP contribution in [0.1, 0.15) is 31.9 Å². The molecule has 2 aromatic carbocycles. The fraction of sp³-hybridized carbons (Fsp3) is 0.391. The summed E-state index contributed by atoms with van der Waals surface area (Å²) in [5, 5.41) is 4.85. The molecule has 0 saturated carbocycles. The SMILES string of the molecule is CC(C)CNC(=O)C(C)N(Cc1ccc(Cl)c(Cl)c1)C(=O)CSCc1c(Cl)cccc1Cl. The van der Waals surface area contributed by atoms with Crippen molar-refractivity contribution in [1.82, 2.24) is 10.2 Å². The van der Waals surface area contributed by atoms with E-state index in [1.54, 1.807) is 48.2 Å². The lowest BCUT2D eigenvalue weighted by Gasteiger charge is -2.29. The Morgan fingerprint density at radius 1 is 0.969 bits per heavy atom. The number of amides is 2. The largest absolute Gasteiger partial charge is 0.354 e. The molecule has 4 nitrogen and oxygen atoms in total. The number of carbonyl (C=O) groups is 2. The fourth-order valence-corrected chi connectivity index (χ4v) is 4.83. The molecule has 0 saturated heterocycles. The highest BCUT2D eigenvalue weighted by molar-refractivity contribution is 7.99. The number of benzene rings is 2. The van der Waals surface area contributed by atoms with Crippen LogP contribution in [-0.4, -0.2) is 35.1 Å². The summed E-state index contributed by atoms with van der Waals surface area (Å²) in [7, 11) is 0. The van der Waals surface area contributed by atoms with Crippen molar-refractivity contribution in [1.29, 1.82) is 0 Å². The summed E-state index contributed by atoms with van der Waals surface area (Å²) < 4.78 is 0. The van der Waals surface area contributed by atoms with E-state index in [0.717, 1.165) is 11.1 Å². The summed E-state index contributed by atoms with van der Waals surface area (Å²) in [6.45, 7) is 6.53. The number of hydrogen-bond acceptors (Lipinski definition) is 3. The van der Waals surface area contributed by atoms with Crippen molar-refractivity contribution in [3.05, 3.63) is 67.6 Å². The minimum absolute atomic E-state index is 0.170. The molecule has 0 fully saturated rings. The molecule has 0 bridgehead atoms. The van der Waals surface area contributed by atoms with Crippen molar-refractivity contribution < 1.29 is 9.59 Å². The molecule has 32 heavy (non-hydrogen) atoms. The number of halogens is 4. The van der Waals surface area contributed by atoms with Crippen LogP contribution < -0.4 is 5.32 Å². The first-order chi connectivity index (χ1) is 15.1. The van der Waals surface area contributed by atoms with Gasteiger partial charge in [0.2, 0.25) is 11.8 Å². The zero-order chi connectivity index (χ0) is 23.8. The number of carbonyl (C=O) groups excluding carboxylic acids is 2. The lowest BCUT2D eigenvalue weighted by molar-refractivity contribution is -0.138. The number of nitrogens with zero attached hydrogens (tertiary/aromatic N) is 1. The molecular weight excluding hydrogens is 510 g/mol. The van der Waals surface area contributed by atoms with Crippen molar-refractivity contribution in [2.45, 2.75) is 39.1 Å². The molecule has 0 heterocycles. The van der Waals surface area contributed by atoms with Gasteiger partial charge in [0.05, 0.1) is 15.8 Å². The van der Waals surface area contributed by atoms with Gasteiger partial charge in [-0.2, -0.15) is 0 Å². The van der Waals surface area contributed by atoms with E-state index in [2.05, 4.69) is 5.32 Å². The third-order valence-corrected chi connectivity index (χ3v) is 7.11. The van der Waals surface area contributed by atoms with Crippen molar-refractivity contribution >= 4 is 70.0 Å². The molecule has 0 aliphatic carbocycles. The maximum Gasteiger partial charge on any atom is 0.242 e. The zero-order valence-corrected chi connectivity index (χ0v) is 22.0. The minimum atomic E-state index is -0.653. The smallest absolute Gasteiger partial charge is 0.242 e. The molecule has 2 aromatic rings. The molecule has 1 unspecified atom stereocenters. The van der Waals surface area contributed by atoms with E-state index in [-0.39, 0.29) is 24.1 Å². The molecule has 0 aliphatic heterocycles. The fourth-order valence-electron chi connectivity index (χ4n) is 2.86. The van der Waals surface area contributed by atoms with Crippen LogP contribution in [0, 0.1) is 5.92 Å². The van der Waals surface area contributed by atoms with Crippen molar-refractivity contribution in [3.63, 3.8) is 0 Å². The van der Waals surface area contributed by atoms with Crippen molar-refractivity contribution in [3.8, 4) is 0 Å². The number of thioether (sulfide) groups is 1. The van der Waals surface area contributed by atoms with Crippen LogP contribution in [0.2, 0.25) is 20.1 Å². The van der Waals surface area contributed by atoms with Gasteiger partial charge in [-0.15, -0.1) is 11.8 Å². The first kappa shape index (κ1) is 27.1. The second kappa shape index (κ2) is 13.0. The average Bonchev–Trinajstić information content (AvgIpc) is 2.74. The van der Waals surface area contributed by atoms with Crippen molar-refractivity contribution in [2.75, 3.05) is 12.3 Å². The normalized spacial score (nSPS) is 12.0. The molecule has 0 spiro atoms. The molecule has 2 amide bonds. The summed E-state index contributed by atoms with van der Waals surface area (Å²) in [5.74, 6) is 0.590.